The summed E-state index contributed by atoms with van der Waals surface area (Å²) in [6.45, 7) is 2.99. The maximum absolute atomic E-state index is 14.7. The molecule has 1 amide bonds. The molecule has 0 aliphatic rings. The predicted molar refractivity (Wildman–Crippen MR) is 88.4 cm³/mol. The van der Waals surface area contributed by atoms with Gasteiger partial charge in [-0.3, -0.25) is 4.79 Å². The molecule has 0 radical (unpaired) electrons. The lowest BCUT2D eigenvalue weighted by Crippen LogP contribution is -2.39. The molecule has 1 aromatic heterocycles. The van der Waals surface area contributed by atoms with Crippen molar-refractivity contribution < 1.29 is 32.6 Å². The molecule has 0 bridgehead atoms. The molecule has 2 rings (SSSR count). The minimum Gasteiger partial charge on any atom is -0.493 e. The van der Waals surface area contributed by atoms with Gasteiger partial charge in [0.15, 0.2) is 0 Å². The van der Waals surface area contributed by atoms with Crippen LogP contribution < -0.4 is 4.74 Å². The van der Waals surface area contributed by atoms with E-state index in [1.165, 1.54) is 38.2 Å². The van der Waals surface area contributed by atoms with Gasteiger partial charge < -0.3 is 19.2 Å². The molecule has 1 aromatic carbocycles. The van der Waals surface area contributed by atoms with Gasteiger partial charge in [-0.2, -0.15) is 8.78 Å². The molecule has 1 heterocycles. The fourth-order valence-corrected chi connectivity index (χ4v) is 2.50. The van der Waals surface area contributed by atoms with Crippen LogP contribution in [0.25, 0.3) is 0 Å². The van der Waals surface area contributed by atoms with Crippen molar-refractivity contribution in [2.75, 3.05) is 13.7 Å². The standard InChI is InChI=1S/C18H19F2NO5/c1-4-25-15-8-6-5-7-14(15)18(19,20)17(24)21(3)10-12-9-13(16(22)23)11(2)26-12/h5-9H,4,10H2,1-3H3,(H,22,23). The Morgan fingerprint density at radius 1 is 1.31 bits per heavy atom. The number of hydrogen-bond acceptors (Lipinski definition) is 4. The lowest BCUT2D eigenvalue weighted by molar-refractivity contribution is -0.158. The van der Waals surface area contributed by atoms with Gasteiger partial charge in [-0.15, -0.1) is 0 Å². The van der Waals surface area contributed by atoms with Crippen LogP contribution in [0.2, 0.25) is 0 Å². The molecular formula is C18H19F2NO5. The van der Waals surface area contributed by atoms with E-state index in [1.54, 1.807) is 6.92 Å². The Hall–Kier alpha value is -2.90. The zero-order valence-corrected chi connectivity index (χ0v) is 14.6. The highest BCUT2D eigenvalue weighted by Gasteiger charge is 2.45. The smallest absolute Gasteiger partial charge is 0.353 e. The summed E-state index contributed by atoms with van der Waals surface area (Å²) in [4.78, 5) is 24.1. The number of benzene rings is 1. The van der Waals surface area contributed by atoms with Crippen LogP contribution in [-0.2, 0) is 17.3 Å². The van der Waals surface area contributed by atoms with E-state index in [-0.39, 0.29) is 36.0 Å². The first-order valence-corrected chi connectivity index (χ1v) is 7.86. The molecule has 8 heteroatoms. The second-order valence-electron chi connectivity index (χ2n) is 5.65. The molecule has 6 nitrogen and oxygen atoms in total. The van der Waals surface area contributed by atoms with E-state index in [4.69, 9.17) is 14.3 Å². The molecule has 0 unspecified atom stereocenters. The Morgan fingerprint density at radius 3 is 2.54 bits per heavy atom. The quantitative estimate of drug-likeness (QED) is 0.811. The van der Waals surface area contributed by atoms with Gasteiger partial charge in [-0.05, 0) is 32.0 Å². The van der Waals surface area contributed by atoms with Crippen molar-refractivity contribution in [3.8, 4) is 5.75 Å². The number of carboxylic acids is 1. The molecule has 0 spiro atoms. The van der Waals surface area contributed by atoms with Gasteiger partial charge in [0.2, 0.25) is 0 Å². The summed E-state index contributed by atoms with van der Waals surface area (Å²) in [5.41, 5.74) is -0.602. The summed E-state index contributed by atoms with van der Waals surface area (Å²) < 4.78 is 39.8. The number of para-hydroxylation sites is 1. The average molecular weight is 367 g/mol. The van der Waals surface area contributed by atoms with Crippen molar-refractivity contribution in [1.82, 2.24) is 4.90 Å². The summed E-state index contributed by atoms with van der Waals surface area (Å²) in [7, 11) is 1.19. The van der Waals surface area contributed by atoms with Crippen LogP contribution >= 0.6 is 0 Å². The maximum atomic E-state index is 14.7. The Labute approximate surface area is 149 Å². The number of aromatic carboxylic acids is 1. The highest BCUT2D eigenvalue weighted by Crippen LogP contribution is 2.36. The third-order valence-electron chi connectivity index (χ3n) is 3.73. The number of furan rings is 1. The van der Waals surface area contributed by atoms with Gasteiger partial charge in [0.1, 0.15) is 22.8 Å². The second-order valence-corrected chi connectivity index (χ2v) is 5.65. The van der Waals surface area contributed by atoms with Crippen molar-refractivity contribution >= 4 is 11.9 Å². The van der Waals surface area contributed by atoms with Crippen LogP contribution in [-0.4, -0.2) is 35.5 Å². The third-order valence-corrected chi connectivity index (χ3v) is 3.73. The van der Waals surface area contributed by atoms with Gasteiger partial charge in [-0.1, -0.05) is 12.1 Å². The highest BCUT2D eigenvalue weighted by molar-refractivity contribution is 5.89. The van der Waals surface area contributed by atoms with E-state index in [0.29, 0.717) is 0 Å². The SMILES string of the molecule is CCOc1ccccc1C(F)(F)C(=O)N(C)Cc1cc(C(=O)O)c(C)o1. The fourth-order valence-electron chi connectivity index (χ4n) is 2.50. The molecule has 0 aliphatic carbocycles. The monoisotopic (exact) mass is 367 g/mol. The van der Waals surface area contributed by atoms with E-state index in [0.717, 1.165) is 11.0 Å². The van der Waals surface area contributed by atoms with E-state index in [1.807, 2.05) is 0 Å². The zero-order valence-electron chi connectivity index (χ0n) is 14.6. The first-order valence-electron chi connectivity index (χ1n) is 7.86. The number of nitrogens with zero attached hydrogens (tertiary/aromatic N) is 1. The summed E-state index contributed by atoms with van der Waals surface area (Å²) in [5, 5.41) is 9.01. The number of likely N-dealkylation sites (N-methyl/N-ethyl adjacent to an activating group) is 1. The Kier molecular flexibility index (Phi) is 5.64. The van der Waals surface area contributed by atoms with Crippen molar-refractivity contribution in [3.05, 3.63) is 53.0 Å². The van der Waals surface area contributed by atoms with Crippen LogP contribution in [0.5, 0.6) is 5.75 Å². The Bertz CT molecular complexity index is 816. The molecule has 0 aliphatic heterocycles. The summed E-state index contributed by atoms with van der Waals surface area (Å²) in [6.07, 6.45) is 0. The summed E-state index contributed by atoms with van der Waals surface area (Å²) in [5.74, 6) is -6.27. The molecule has 0 atom stereocenters. The van der Waals surface area contributed by atoms with Crippen LogP contribution in [0.1, 0.15) is 34.4 Å². The molecular weight excluding hydrogens is 348 g/mol. The third kappa shape index (κ3) is 3.84. The van der Waals surface area contributed by atoms with Crippen LogP contribution in [0, 0.1) is 6.92 Å². The van der Waals surface area contributed by atoms with Crippen molar-refractivity contribution in [2.45, 2.75) is 26.3 Å². The number of halogens is 2. The van der Waals surface area contributed by atoms with Crippen LogP contribution in [0.3, 0.4) is 0 Å². The average Bonchev–Trinajstić information content (AvgIpc) is 2.95. The van der Waals surface area contributed by atoms with Crippen molar-refractivity contribution in [1.29, 1.82) is 0 Å². The minimum absolute atomic E-state index is 0.0660. The van der Waals surface area contributed by atoms with E-state index >= 15 is 0 Å². The Balaban J connectivity index is 2.24. The highest BCUT2D eigenvalue weighted by atomic mass is 19.3. The lowest BCUT2D eigenvalue weighted by Gasteiger charge is -2.24. The maximum Gasteiger partial charge on any atom is 0.353 e. The topological polar surface area (TPSA) is 80.0 Å². The molecule has 0 fully saturated rings. The van der Waals surface area contributed by atoms with Crippen LogP contribution in [0.15, 0.2) is 34.7 Å². The van der Waals surface area contributed by atoms with Gasteiger partial charge in [0.25, 0.3) is 5.91 Å². The normalized spacial score (nSPS) is 11.3. The number of rotatable bonds is 7. The zero-order chi connectivity index (χ0) is 19.5. The number of aryl methyl sites for hydroxylation is 1. The molecule has 26 heavy (non-hydrogen) atoms. The Morgan fingerprint density at radius 2 is 1.96 bits per heavy atom. The number of carboxylic acid groups (broad SMARTS) is 1. The number of carbonyl (C=O) groups excluding carboxylic acids is 1. The van der Waals surface area contributed by atoms with Gasteiger partial charge in [0, 0.05) is 7.05 Å². The predicted octanol–water partition coefficient (Wildman–Crippen LogP) is 3.44. The van der Waals surface area contributed by atoms with E-state index < -0.39 is 23.4 Å². The molecule has 0 saturated heterocycles. The van der Waals surface area contributed by atoms with Gasteiger partial charge >= 0.3 is 11.9 Å². The molecule has 0 saturated carbocycles. The number of ether oxygens (including phenoxy) is 1. The first-order chi connectivity index (χ1) is 12.2. The minimum atomic E-state index is -3.81. The lowest BCUT2D eigenvalue weighted by atomic mass is 10.1. The summed E-state index contributed by atoms with van der Waals surface area (Å²) in [6, 6.07) is 6.66. The fraction of sp³-hybridized carbons (Fsp3) is 0.333. The van der Waals surface area contributed by atoms with E-state index in [9.17, 15) is 18.4 Å². The number of alkyl halides is 2. The van der Waals surface area contributed by atoms with E-state index in [2.05, 4.69) is 0 Å². The summed E-state index contributed by atoms with van der Waals surface area (Å²) >= 11 is 0. The second kappa shape index (κ2) is 7.55. The van der Waals surface area contributed by atoms with Crippen LogP contribution in [0.4, 0.5) is 8.78 Å². The molecule has 2 aromatic rings. The number of amides is 1. The van der Waals surface area contributed by atoms with Crippen molar-refractivity contribution in [2.24, 2.45) is 0 Å². The van der Waals surface area contributed by atoms with Crippen molar-refractivity contribution in [3.63, 3.8) is 0 Å². The number of carbonyl (C=O) groups is 2. The van der Waals surface area contributed by atoms with Gasteiger partial charge in [-0.25, -0.2) is 4.79 Å². The molecule has 1 N–H and O–H groups in total. The largest absolute Gasteiger partial charge is 0.493 e. The first kappa shape index (κ1) is 19.4. The number of hydrogen-bond donors (Lipinski definition) is 1. The molecule has 140 valence electrons. The van der Waals surface area contributed by atoms with Gasteiger partial charge in [0.05, 0.1) is 18.7 Å².